The molecule has 4 heteroatoms. The number of benzene rings is 2. The highest BCUT2D eigenvalue weighted by atomic mass is 35.5. The van der Waals surface area contributed by atoms with E-state index >= 15 is 0 Å². The zero-order valence-electron chi connectivity index (χ0n) is 9.59. The van der Waals surface area contributed by atoms with E-state index in [-0.39, 0.29) is 5.02 Å². The highest BCUT2D eigenvalue weighted by Crippen LogP contribution is 2.20. The highest BCUT2D eigenvalue weighted by Gasteiger charge is 2.05. The van der Waals surface area contributed by atoms with E-state index in [1.54, 1.807) is 12.1 Å². The van der Waals surface area contributed by atoms with E-state index in [0.717, 1.165) is 16.1 Å². The van der Waals surface area contributed by atoms with Crippen molar-refractivity contribution in [3.05, 3.63) is 69.5 Å². The molecule has 2 aromatic rings. The Morgan fingerprint density at radius 3 is 2.33 bits per heavy atom. The van der Waals surface area contributed by atoms with E-state index < -0.39 is 5.82 Å². The van der Waals surface area contributed by atoms with Crippen LogP contribution in [0.2, 0.25) is 10.0 Å². The van der Waals surface area contributed by atoms with Crippen LogP contribution in [0.5, 0.6) is 0 Å². The van der Waals surface area contributed by atoms with Crippen LogP contribution in [0.15, 0.2) is 42.5 Å². The van der Waals surface area contributed by atoms with Crippen molar-refractivity contribution < 1.29 is 4.39 Å². The molecular weight excluding hydrogens is 272 g/mol. The predicted molar refractivity (Wildman–Crippen MR) is 73.4 cm³/mol. The van der Waals surface area contributed by atoms with E-state index in [2.05, 4.69) is 5.32 Å². The summed E-state index contributed by atoms with van der Waals surface area (Å²) in [6.45, 7) is 1.12. The Bertz CT molecular complexity index is 543. The number of nitrogens with one attached hydrogen (secondary N) is 1. The summed E-state index contributed by atoms with van der Waals surface area (Å²) in [5.41, 5.74) is 1.75. The van der Waals surface area contributed by atoms with Gasteiger partial charge in [0, 0.05) is 18.1 Å². The molecule has 0 bridgehead atoms. The van der Waals surface area contributed by atoms with E-state index in [4.69, 9.17) is 23.2 Å². The van der Waals surface area contributed by atoms with Crippen molar-refractivity contribution in [2.24, 2.45) is 0 Å². The normalized spacial score (nSPS) is 10.6. The quantitative estimate of drug-likeness (QED) is 0.876. The molecule has 0 heterocycles. The van der Waals surface area contributed by atoms with Gasteiger partial charge in [-0.25, -0.2) is 4.39 Å². The molecule has 0 spiro atoms. The summed E-state index contributed by atoms with van der Waals surface area (Å²) in [4.78, 5) is 0. The van der Waals surface area contributed by atoms with Gasteiger partial charge in [0.05, 0.1) is 5.02 Å². The number of hydrogen-bond acceptors (Lipinski definition) is 1. The van der Waals surface area contributed by atoms with Gasteiger partial charge in [-0.05, 0) is 23.3 Å². The number of halogens is 3. The molecule has 0 unspecified atom stereocenters. The van der Waals surface area contributed by atoms with Crippen LogP contribution in [0, 0.1) is 5.82 Å². The van der Waals surface area contributed by atoms with Crippen LogP contribution in [-0.4, -0.2) is 0 Å². The Labute approximate surface area is 116 Å². The van der Waals surface area contributed by atoms with E-state index in [9.17, 15) is 4.39 Å². The third-order valence-corrected chi connectivity index (χ3v) is 3.41. The summed E-state index contributed by atoms with van der Waals surface area (Å²) in [5.74, 6) is -0.395. The predicted octanol–water partition coefficient (Wildman–Crippen LogP) is 4.42. The molecule has 1 nitrogen and oxygen atoms in total. The fraction of sp³-hybridized carbons (Fsp3) is 0.143. The maximum atomic E-state index is 13.2. The van der Waals surface area contributed by atoms with Gasteiger partial charge in [0.15, 0.2) is 0 Å². The second-order valence-electron chi connectivity index (χ2n) is 3.91. The van der Waals surface area contributed by atoms with Gasteiger partial charge in [-0.2, -0.15) is 0 Å². The highest BCUT2D eigenvalue weighted by molar-refractivity contribution is 6.31. The van der Waals surface area contributed by atoms with Gasteiger partial charge >= 0.3 is 0 Å². The minimum absolute atomic E-state index is 0.171. The average Bonchev–Trinajstić information content (AvgIpc) is 2.37. The van der Waals surface area contributed by atoms with Crippen LogP contribution in [0.4, 0.5) is 4.39 Å². The van der Waals surface area contributed by atoms with Crippen LogP contribution in [-0.2, 0) is 13.1 Å². The minimum Gasteiger partial charge on any atom is -0.309 e. The molecule has 0 saturated carbocycles. The van der Waals surface area contributed by atoms with Crippen LogP contribution >= 0.6 is 23.2 Å². The smallest absolute Gasteiger partial charge is 0.142 e. The first-order chi connectivity index (χ1) is 8.68. The number of rotatable bonds is 4. The molecule has 0 aliphatic carbocycles. The van der Waals surface area contributed by atoms with Crippen molar-refractivity contribution in [2.75, 3.05) is 0 Å². The van der Waals surface area contributed by atoms with Gasteiger partial charge in [-0.15, -0.1) is 0 Å². The van der Waals surface area contributed by atoms with E-state index in [0.29, 0.717) is 13.1 Å². The maximum absolute atomic E-state index is 13.2. The van der Waals surface area contributed by atoms with Crippen molar-refractivity contribution >= 4 is 23.2 Å². The Morgan fingerprint density at radius 1 is 0.889 bits per heavy atom. The zero-order valence-corrected chi connectivity index (χ0v) is 11.1. The fourth-order valence-corrected chi connectivity index (χ4v) is 2.05. The minimum atomic E-state index is -0.395. The molecule has 1 N–H and O–H groups in total. The lowest BCUT2D eigenvalue weighted by atomic mass is 10.2. The molecule has 0 atom stereocenters. The summed E-state index contributed by atoms with van der Waals surface area (Å²) < 4.78 is 13.2. The molecule has 0 aliphatic heterocycles. The van der Waals surface area contributed by atoms with Crippen molar-refractivity contribution in [3.63, 3.8) is 0 Å². The van der Waals surface area contributed by atoms with Crippen LogP contribution in [0.25, 0.3) is 0 Å². The third-order valence-electron chi connectivity index (χ3n) is 2.62. The molecule has 2 aromatic carbocycles. The van der Waals surface area contributed by atoms with Crippen molar-refractivity contribution in [1.29, 1.82) is 0 Å². The van der Waals surface area contributed by atoms with Crippen LogP contribution in [0.3, 0.4) is 0 Å². The maximum Gasteiger partial charge on any atom is 0.142 e. The molecule has 18 heavy (non-hydrogen) atoms. The summed E-state index contributed by atoms with van der Waals surface area (Å²) in [6, 6.07) is 12.4. The van der Waals surface area contributed by atoms with Crippen molar-refractivity contribution in [2.45, 2.75) is 13.1 Å². The van der Waals surface area contributed by atoms with Gasteiger partial charge in [0.25, 0.3) is 0 Å². The second kappa shape index (κ2) is 6.19. The fourth-order valence-electron chi connectivity index (χ4n) is 1.66. The molecule has 0 aromatic heterocycles. The third kappa shape index (κ3) is 3.22. The largest absolute Gasteiger partial charge is 0.309 e. The van der Waals surface area contributed by atoms with E-state index in [1.807, 2.05) is 24.3 Å². The molecule has 0 fully saturated rings. The SMILES string of the molecule is Fc1cccc(CNCc2ccccc2Cl)c1Cl. The Morgan fingerprint density at radius 2 is 1.56 bits per heavy atom. The van der Waals surface area contributed by atoms with Gasteiger partial charge in [-0.1, -0.05) is 53.5 Å². The van der Waals surface area contributed by atoms with Gasteiger partial charge in [0.1, 0.15) is 5.82 Å². The van der Waals surface area contributed by atoms with Gasteiger partial charge in [-0.3, -0.25) is 0 Å². The average molecular weight is 284 g/mol. The van der Waals surface area contributed by atoms with Crippen molar-refractivity contribution in [3.8, 4) is 0 Å². The molecule has 2 rings (SSSR count). The summed E-state index contributed by atoms with van der Waals surface area (Å²) >= 11 is 11.9. The Hall–Kier alpha value is -1.09. The van der Waals surface area contributed by atoms with Crippen LogP contribution < -0.4 is 5.32 Å². The first-order valence-electron chi connectivity index (χ1n) is 5.55. The number of hydrogen-bond donors (Lipinski definition) is 1. The molecule has 0 aliphatic rings. The first-order valence-corrected chi connectivity index (χ1v) is 6.31. The monoisotopic (exact) mass is 283 g/mol. The molecule has 0 radical (unpaired) electrons. The standard InChI is InChI=1S/C14H12Cl2FN/c15-12-6-2-1-4-10(12)8-18-9-11-5-3-7-13(17)14(11)16/h1-7,18H,8-9H2. The lowest BCUT2D eigenvalue weighted by Gasteiger charge is -2.08. The lowest BCUT2D eigenvalue weighted by molar-refractivity contribution is 0.620. The molecular formula is C14H12Cl2FN. The first kappa shape index (κ1) is 13.3. The molecule has 0 saturated heterocycles. The summed E-state index contributed by atoms with van der Waals surface area (Å²) in [5, 5.41) is 4.08. The van der Waals surface area contributed by atoms with Gasteiger partial charge < -0.3 is 5.32 Å². The second-order valence-corrected chi connectivity index (χ2v) is 4.69. The Kier molecular flexibility index (Phi) is 4.59. The summed E-state index contributed by atoms with van der Waals surface area (Å²) in [7, 11) is 0. The van der Waals surface area contributed by atoms with Crippen molar-refractivity contribution in [1.82, 2.24) is 5.32 Å². The Balaban J connectivity index is 1.97. The van der Waals surface area contributed by atoms with Crippen LogP contribution in [0.1, 0.15) is 11.1 Å². The molecule has 94 valence electrons. The van der Waals surface area contributed by atoms with Gasteiger partial charge in [0.2, 0.25) is 0 Å². The topological polar surface area (TPSA) is 12.0 Å². The molecule has 0 amide bonds. The van der Waals surface area contributed by atoms with E-state index in [1.165, 1.54) is 6.07 Å². The lowest BCUT2D eigenvalue weighted by Crippen LogP contribution is -2.13. The zero-order chi connectivity index (χ0) is 13.0. The summed E-state index contributed by atoms with van der Waals surface area (Å²) in [6.07, 6.45) is 0.